The van der Waals surface area contributed by atoms with E-state index in [1.165, 1.54) is 0 Å². The Hall–Kier alpha value is -0.260. The molecule has 1 fully saturated rings. The van der Waals surface area contributed by atoms with E-state index in [0.717, 1.165) is 30.8 Å². The maximum absolute atomic E-state index is 11.9. The van der Waals surface area contributed by atoms with Crippen molar-refractivity contribution in [2.75, 3.05) is 13.1 Å². The average molecular weight is 230 g/mol. The van der Waals surface area contributed by atoms with Gasteiger partial charge in [0.05, 0.1) is 11.3 Å². The Labute approximate surface area is 90.4 Å². The van der Waals surface area contributed by atoms with Gasteiger partial charge in [-0.25, -0.2) is 0 Å². The molecule has 0 aromatic carbocycles. The first-order valence-corrected chi connectivity index (χ1v) is 7.07. The van der Waals surface area contributed by atoms with Gasteiger partial charge in [-0.1, -0.05) is 0 Å². The molecule has 0 bridgehead atoms. The van der Waals surface area contributed by atoms with Crippen LogP contribution in [-0.2, 0) is 16.6 Å². The largest absolute Gasteiger partial charge is 0.316 e. The molecule has 0 radical (unpaired) electrons. The summed E-state index contributed by atoms with van der Waals surface area (Å²) in [5.74, 6) is 0.678. The van der Waals surface area contributed by atoms with Gasteiger partial charge < -0.3 is 5.32 Å². The van der Waals surface area contributed by atoms with Gasteiger partial charge in [0.25, 0.3) is 0 Å². The van der Waals surface area contributed by atoms with Crippen molar-refractivity contribution in [2.45, 2.75) is 23.8 Å². The minimum Gasteiger partial charge on any atom is -0.316 e. The van der Waals surface area contributed by atoms with Gasteiger partial charge in [0.15, 0.2) is 0 Å². The summed E-state index contributed by atoms with van der Waals surface area (Å²) in [6.45, 7) is 1.99. The van der Waals surface area contributed by atoms with Crippen molar-refractivity contribution in [1.29, 1.82) is 0 Å². The zero-order valence-electron chi connectivity index (χ0n) is 7.94. The van der Waals surface area contributed by atoms with E-state index in [0.29, 0.717) is 11.0 Å². The van der Waals surface area contributed by atoms with Crippen molar-refractivity contribution in [2.24, 2.45) is 0 Å². The minimum absolute atomic E-state index is 0.339. The lowest BCUT2D eigenvalue weighted by molar-refractivity contribution is 0.519. The molecule has 1 saturated heterocycles. The van der Waals surface area contributed by atoms with E-state index in [4.69, 9.17) is 0 Å². The third kappa shape index (κ3) is 2.62. The first kappa shape index (κ1) is 10.3. The highest BCUT2D eigenvalue weighted by Crippen LogP contribution is 2.15. The molecule has 78 valence electrons. The molecule has 2 atom stereocenters. The Kier molecular flexibility index (Phi) is 3.67. The standard InChI is InChI=1S/C9H14N2OS2/c12-14(6-8-4-11-7-13-8)9-2-1-3-10-5-9/h4,7,9-10H,1-3,5-6H2. The van der Waals surface area contributed by atoms with E-state index in [9.17, 15) is 4.21 Å². The Bertz CT molecular complexity index is 294. The van der Waals surface area contributed by atoms with Crippen LogP contribution >= 0.6 is 11.3 Å². The quantitative estimate of drug-likeness (QED) is 0.847. The second-order valence-electron chi connectivity index (χ2n) is 3.46. The molecule has 1 aromatic rings. The Morgan fingerprint density at radius 1 is 1.71 bits per heavy atom. The first-order chi connectivity index (χ1) is 6.86. The predicted octanol–water partition coefficient (Wildman–Crippen LogP) is 1.14. The van der Waals surface area contributed by atoms with Crippen LogP contribution in [0, 0.1) is 0 Å². The molecular formula is C9H14N2OS2. The number of hydrogen-bond acceptors (Lipinski definition) is 4. The van der Waals surface area contributed by atoms with Crippen LogP contribution in [0.2, 0.25) is 0 Å². The zero-order chi connectivity index (χ0) is 9.80. The molecule has 2 heterocycles. The first-order valence-electron chi connectivity index (χ1n) is 4.81. The highest BCUT2D eigenvalue weighted by atomic mass is 32.2. The van der Waals surface area contributed by atoms with Crippen LogP contribution in [0.1, 0.15) is 17.7 Å². The SMILES string of the molecule is O=S(Cc1cncs1)C1CCCNC1. The molecule has 3 nitrogen and oxygen atoms in total. The Balaban J connectivity index is 1.88. The molecule has 0 amide bonds. The van der Waals surface area contributed by atoms with Crippen LogP contribution in [0.5, 0.6) is 0 Å². The summed E-state index contributed by atoms with van der Waals surface area (Å²) in [6.07, 6.45) is 4.07. The number of hydrogen-bond donors (Lipinski definition) is 1. The van der Waals surface area contributed by atoms with Crippen molar-refractivity contribution in [1.82, 2.24) is 10.3 Å². The fraction of sp³-hybridized carbons (Fsp3) is 0.667. The van der Waals surface area contributed by atoms with Crippen molar-refractivity contribution < 1.29 is 4.21 Å². The van der Waals surface area contributed by atoms with E-state index in [2.05, 4.69) is 10.3 Å². The summed E-state index contributed by atoms with van der Waals surface area (Å²) in [5, 5.41) is 3.63. The number of nitrogens with one attached hydrogen (secondary N) is 1. The normalized spacial score (nSPS) is 24.7. The van der Waals surface area contributed by atoms with Crippen LogP contribution in [-0.4, -0.2) is 27.5 Å². The maximum Gasteiger partial charge on any atom is 0.0794 e. The molecule has 2 rings (SSSR count). The number of rotatable bonds is 3. The van der Waals surface area contributed by atoms with Gasteiger partial charge >= 0.3 is 0 Å². The van der Waals surface area contributed by atoms with Crippen LogP contribution in [0.3, 0.4) is 0 Å². The second kappa shape index (κ2) is 5.00. The molecular weight excluding hydrogens is 216 g/mol. The number of aromatic nitrogens is 1. The molecule has 5 heteroatoms. The van der Waals surface area contributed by atoms with Gasteiger partial charge in [0.2, 0.25) is 0 Å². The lowest BCUT2D eigenvalue weighted by Gasteiger charge is -2.21. The lowest BCUT2D eigenvalue weighted by Crippen LogP contribution is -2.36. The van der Waals surface area contributed by atoms with E-state index in [1.807, 2.05) is 6.20 Å². The molecule has 1 aromatic heterocycles. The monoisotopic (exact) mass is 230 g/mol. The third-order valence-corrected chi connectivity index (χ3v) is 5.10. The number of thiazole rings is 1. The molecule has 2 unspecified atom stereocenters. The number of piperidine rings is 1. The van der Waals surface area contributed by atoms with Gasteiger partial charge in [0, 0.05) is 33.7 Å². The highest BCUT2D eigenvalue weighted by molar-refractivity contribution is 7.85. The summed E-state index contributed by atoms with van der Waals surface area (Å²) >= 11 is 1.59. The Morgan fingerprint density at radius 3 is 3.29 bits per heavy atom. The van der Waals surface area contributed by atoms with Gasteiger partial charge in [-0.2, -0.15) is 0 Å². The summed E-state index contributed by atoms with van der Waals surface area (Å²) in [7, 11) is -0.728. The molecule has 14 heavy (non-hydrogen) atoms. The predicted molar refractivity (Wildman–Crippen MR) is 59.9 cm³/mol. The summed E-state index contributed by atoms with van der Waals surface area (Å²) in [4.78, 5) is 5.12. The van der Waals surface area contributed by atoms with Crippen molar-refractivity contribution >= 4 is 22.1 Å². The van der Waals surface area contributed by atoms with Crippen LogP contribution in [0.25, 0.3) is 0 Å². The summed E-state index contributed by atoms with van der Waals surface area (Å²) in [5.41, 5.74) is 1.80. The summed E-state index contributed by atoms with van der Waals surface area (Å²) < 4.78 is 11.9. The molecule has 0 spiro atoms. The van der Waals surface area contributed by atoms with Crippen LogP contribution in [0.4, 0.5) is 0 Å². The van der Waals surface area contributed by atoms with E-state index >= 15 is 0 Å². The fourth-order valence-corrected chi connectivity index (χ4v) is 3.94. The van der Waals surface area contributed by atoms with Gasteiger partial charge in [-0.05, 0) is 19.4 Å². The van der Waals surface area contributed by atoms with Crippen molar-refractivity contribution in [3.63, 3.8) is 0 Å². The van der Waals surface area contributed by atoms with Crippen LogP contribution in [0.15, 0.2) is 11.7 Å². The maximum atomic E-state index is 11.9. The van der Waals surface area contributed by atoms with Crippen LogP contribution < -0.4 is 5.32 Å². The topological polar surface area (TPSA) is 42.0 Å². The fourth-order valence-electron chi connectivity index (χ4n) is 1.62. The minimum atomic E-state index is -0.728. The number of nitrogens with zero attached hydrogens (tertiary/aromatic N) is 1. The lowest BCUT2D eigenvalue weighted by atomic mass is 10.2. The van der Waals surface area contributed by atoms with Gasteiger partial charge in [0.1, 0.15) is 0 Å². The van der Waals surface area contributed by atoms with Crippen molar-refractivity contribution in [3.8, 4) is 0 Å². The summed E-state index contributed by atoms with van der Waals surface area (Å²) in [6, 6.07) is 0. The third-order valence-electron chi connectivity index (χ3n) is 2.39. The Morgan fingerprint density at radius 2 is 2.64 bits per heavy atom. The molecule has 0 aliphatic carbocycles. The molecule has 1 N–H and O–H groups in total. The second-order valence-corrected chi connectivity index (χ2v) is 6.15. The average Bonchev–Trinajstić information content (AvgIpc) is 2.72. The van der Waals surface area contributed by atoms with Crippen molar-refractivity contribution in [3.05, 3.63) is 16.6 Å². The smallest absolute Gasteiger partial charge is 0.0794 e. The molecule has 0 saturated carbocycles. The van der Waals surface area contributed by atoms with E-state index < -0.39 is 10.8 Å². The zero-order valence-corrected chi connectivity index (χ0v) is 9.57. The van der Waals surface area contributed by atoms with Gasteiger partial charge in [-0.15, -0.1) is 11.3 Å². The highest BCUT2D eigenvalue weighted by Gasteiger charge is 2.19. The van der Waals surface area contributed by atoms with Gasteiger partial charge in [-0.3, -0.25) is 9.19 Å². The molecule has 1 aliphatic heterocycles. The molecule has 1 aliphatic rings. The van der Waals surface area contributed by atoms with E-state index in [-0.39, 0.29) is 0 Å². The van der Waals surface area contributed by atoms with E-state index in [1.54, 1.807) is 16.8 Å².